The molecule has 2 aromatic carbocycles. The molecule has 142 valence electrons. The summed E-state index contributed by atoms with van der Waals surface area (Å²) in [6.07, 6.45) is 1.59. The largest absolute Gasteiger partial charge is 0.493 e. The van der Waals surface area contributed by atoms with E-state index in [0.29, 0.717) is 17.1 Å². The smallest absolute Gasteiger partial charge is 0.272 e. The molecule has 0 saturated heterocycles. The van der Waals surface area contributed by atoms with Crippen molar-refractivity contribution in [1.82, 2.24) is 5.32 Å². The molecule has 0 spiro atoms. The highest BCUT2D eigenvalue weighted by Gasteiger charge is 2.14. The zero-order chi connectivity index (χ0) is 20.0. The summed E-state index contributed by atoms with van der Waals surface area (Å²) in [5, 5.41) is 5.47. The van der Waals surface area contributed by atoms with Crippen molar-refractivity contribution < 1.29 is 19.1 Å². The molecule has 0 fully saturated rings. The summed E-state index contributed by atoms with van der Waals surface area (Å²) in [5.74, 6) is 0.370. The number of benzene rings is 2. The van der Waals surface area contributed by atoms with Crippen molar-refractivity contribution in [3.63, 3.8) is 0 Å². The van der Waals surface area contributed by atoms with E-state index in [-0.39, 0.29) is 11.6 Å². The van der Waals surface area contributed by atoms with Gasteiger partial charge in [0, 0.05) is 12.6 Å². The summed E-state index contributed by atoms with van der Waals surface area (Å²) in [5.41, 5.74) is 3.43. The van der Waals surface area contributed by atoms with Crippen LogP contribution in [0.15, 0.2) is 42.1 Å². The molecule has 0 bridgehead atoms. The maximum Gasteiger partial charge on any atom is 0.272 e. The van der Waals surface area contributed by atoms with Crippen LogP contribution in [0.25, 0.3) is 6.08 Å². The zero-order valence-electron chi connectivity index (χ0n) is 16.2. The first-order chi connectivity index (χ1) is 12.8. The first-order valence-electron chi connectivity index (χ1n) is 8.44. The molecule has 0 radical (unpaired) electrons. The van der Waals surface area contributed by atoms with E-state index in [9.17, 15) is 9.59 Å². The Balaban J connectivity index is 2.38. The molecule has 6 nitrogen and oxygen atoms in total. The number of methoxy groups -OCH3 is 2. The Morgan fingerprint density at radius 1 is 0.963 bits per heavy atom. The van der Waals surface area contributed by atoms with Crippen LogP contribution < -0.4 is 20.1 Å². The van der Waals surface area contributed by atoms with Gasteiger partial charge >= 0.3 is 0 Å². The average molecular weight is 368 g/mol. The molecule has 6 heteroatoms. The second kappa shape index (κ2) is 8.89. The van der Waals surface area contributed by atoms with Crippen LogP contribution in [0, 0.1) is 13.8 Å². The van der Waals surface area contributed by atoms with Crippen LogP contribution in [0.5, 0.6) is 11.5 Å². The fourth-order valence-corrected chi connectivity index (χ4v) is 2.65. The normalized spacial score (nSPS) is 10.9. The molecule has 0 saturated carbocycles. The van der Waals surface area contributed by atoms with Gasteiger partial charge in [-0.2, -0.15) is 0 Å². The van der Waals surface area contributed by atoms with Crippen LogP contribution in [-0.2, 0) is 9.59 Å². The third-order valence-electron chi connectivity index (χ3n) is 3.99. The van der Waals surface area contributed by atoms with Crippen LogP contribution in [-0.4, -0.2) is 26.0 Å². The van der Waals surface area contributed by atoms with E-state index in [0.717, 1.165) is 16.8 Å². The van der Waals surface area contributed by atoms with Crippen molar-refractivity contribution in [1.29, 1.82) is 0 Å². The van der Waals surface area contributed by atoms with Crippen LogP contribution in [0.3, 0.4) is 0 Å². The molecular formula is C21H24N2O4. The first kappa shape index (κ1) is 20.0. The fraction of sp³-hybridized carbons (Fsp3) is 0.238. The molecule has 0 unspecified atom stereocenters. The van der Waals surface area contributed by atoms with Crippen molar-refractivity contribution in [2.45, 2.75) is 20.8 Å². The van der Waals surface area contributed by atoms with Gasteiger partial charge in [-0.1, -0.05) is 24.3 Å². The quantitative estimate of drug-likeness (QED) is 0.766. The Bertz CT molecular complexity index is 867. The molecule has 0 aliphatic heterocycles. The number of anilines is 1. The van der Waals surface area contributed by atoms with Gasteiger partial charge in [0.25, 0.3) is 5.91 Å². The van der Waals surface area contributed by atoms with Crippen molar-refractivity contribution in [2.24, 2.45) is 0 Å². The Labute approximate surface area is 159 Å². The number of carbonyl (C=O) groups excluding carboxylic acids is 2. The second-order valence-corrected chi connectivity index (χ2v) is 6.07. The molecule has 0 heterocycles. The monoisotopic (exact) mass is 368 g/mol. The van der Waals surface area contributed by atoms with Gasteiger partial charge in [-0.15, -0.1) is 0 Å². The van der Waals surface area contributed by atoms with Crippen molar-refractivity contribution in [3.8, 4) is 11.5 Å². The van der Waals surface area contributed by atoms with E-state index in [2.05, 4.69) is 10.6 Å². The van der Waals surface area contributed by atoms with Crippen LogP contribution in [0.2, 0.25) is 0 Å². The van der Waals surface area contributed by atoms with Gasteiger partial charge in [0.05, 0.1) is 14.2 Å². The lowest BCUT2D eigenvalue weighted by Gasteiger charge is -2.14. The van der Waals surface area contributed by atoms with Crippen LogP contribution in [0.4, 0.5) is 5.69 Å². The summed E-state index contributed by atoms with van der Waals surface area (Å²) >= 11 is 0. The fourth-order valence-electron chi connectivity index (χ4n) is 2.65. The molecule has 27 heavy (non-hydrogen) atoms. The lowest BCUT2D eigenvalue weighted by atomic mass is 10.1. The van der Waals surface area contributed by atoms with E-state index in [1.807, 2.05) is 32.0 Å². The van der Waals surface area contributed by atoms with Gasteiger partial charge in [0.1, 0.15) is 5.70 Å². The number of amides is 2. The predicted octanol–water partition coefficient (Wildman–Crippen LogP) is 3.44. The van der Waals surface area contributed by atoms with Gasteiger partial charge in [0.15, 0.2) is 11.5 Å². The van der Waals surface area contributed by atoms with E-state index in [1.165, 1.54) is 14.0 Å². The number of carbonyl (C=O) groups is 2. The van der Waals surface area contributed by atoms with Crippen molar-refractivity contribution in [3.05, 3.63) is 58.8 Å². The highest BCUT2D eigenvalue weighted by Crippen LogP contribution is 2.28. The zero-order valence-corrected chi connectivity index (χ0v) is 16.2. The SMILES string of the molecule is COc1ccc(/C=C(/NC(C)=O)C(=O)Nc2c(C)cccc2C)cc1OC. The molecule has 2 rings (SSSR count). The molecule has 2 aromatic rings. The summed E-state index contributed by atoms with van der Waals surface area (Å²) in [6, 6.07) is 11.0. The van der Waals surface area contributed by atoms with E-state index in [1.54, 1.807) is 31.4 Å². The third kappa shape index (κ3) is 5.10. The Kier molecular flexibility index (Phi) is 6.60. The standard InChI is InChI=1S/C21H24N2O4/c1-13-7-6-8-14(2)20(13)23-21(25)17(22-15(3)24)11-16-9-10-18(26-4)19(12-16)27-5/h6-12H,1-5H3,(H,22,24)(H,23,25)/b17-11+. The number of hydrogen-bond acceptors (Lipinski definition) is 4. The minimum absolute atomic E-state index is 0.136. The number of para-hydroxylation sites is 1. The molecule has 0 aliphatic rings. The van der Waals surface area contributed by atoms with Gasteiger partial charge in [-0.3, -0.25) is 9.59 Å². The van der Waals surface area contributed by atoms with Gasteiger partial charge in [-0.05, 0) is 48.7 Å². The molecule has 0 atom stereocenters. The lowest BCUT2D eigenvalue weighted by molar-refractivity contribution is -0.120. The molecule has 2 N–H and O–H groups in total. The maximum atomic E-state index is 12.8. The van der Waals surface area contributed by atoms with Gasteiger partial charge in [0.2, 0.25) is 5.91 Å². The predicted molar refractivity (Wildman–Crippen MR) is 106 cm³/mol. The van der Waals surface area contributed by atoms with Crippen molar-refractivity contribution >= 4 is 23.6 Å². The number of rotatable bonds is 6. The number of hydrogen-bond donors (Lipinski definition) is 2. The lowest BCUT2D eigenvalue weighted by Crippen LogP contribution is -2.29. The summed E-state index contributed by atoms with van der Waals surface area (Å²) < 4.78 is 10.5. The Morgan fingerprint density at radius 3 is 2.15 bits per heavy atom. The maximum absolute atomic E-state index is 12.8. The molecule has 2 amide bonds. The molecule has 0 aromatic heterocycles. The topological polar surface area (TPSA) is 76.7 Å². The Morgan fingerprint density at radius 2 is 1.59 bits per heavy atom. The number of aryl methyl sites for hydroxylation is 2. The summed E-state index contributed by atoms with van der Waals surface area (Å²) in [4.78, 5) is 24.4. The first-order valence-corrected chi connectivity index (χ1v) is 8.44. The summed E-state index contributed by atoms with van der Waals surface area (Å²) in [6.45, 7) is 5.19. The number of nitrogens with one attached hydrogen (secondary N) is 2. The van der Waals surface area contributed by atoms with Gasteiger partial charge < -0.3 is 20.1 Å². The van der Waals surface area contributed by atoms with Gasteiger partial charge in [-0.25, -0.2) is 0 Å². The highest BCUT2D eigenvalue weighted by molar-refractivity contribution is 6.09. The third-order valence-corrected chi connectivity index (χ3v) is 3.99. The highest BCUT2D eigenvalue weighted by atomic mass is 16.5. The molecule has 0 aliphatic carbocycles. The molecular weight excluding hydrogens is 344 g/mol. The number of ether oxygens (including phenoxy) is 2. The van der Waals surface area contributed by atoms with E-state index >= 15 is 0 Å². The summed E-state index contributed by atoms with van der Waals surface area (Å²) in [7, 11) is 3.09. The average Bonchev–Trinajstić information content (AvgIpc) is 2.63. The minimum atomic E-state index is -0.405. The minimum Gasteiger partial charge on any atom is -0.493 e. The van der Waals surface area contributed by atoms with E-state index in [4.69, 9.17) is 9.47 Å². The second-order valence-electron chi connectivity index (χ2n) is 6.07. The van der Waals surface area contributed by atoms with Crippen LogP contribution >= 0.6 is 0 Å². The van der Waals surface area contributed by atoms with E-state index < -0.39 is 5.91 Å². The van der Waals surface area contributed by atoms with Crippen molar-refractivity contribution in [2.75, 3.05) is 19.5 Å². The van der Waals surface area contributed by atoms with Crippen LogP contribution in [0.1, 0.15) is 23.6 Å². The Hall–Kier alpha value is -3.28.